The third-order valence-corrected chi connectivity index (χ3v) is 3.55. The number of nitrogens with two attached hydrogens (primary N) is 1. The van der Waals surface area contributed by atoms with Gasteiger partial charge in [-0.05, 0) is 25.5 Å². The van der Waals surface area contributed by atoms with Crippen LogP contribution < -0.4 is 5.73 Å². The molecule has 0 fully saturated rings. The second kappa shape index (κ2) is 4.63. The van der Waals surface area contributed by atoms with Crippen LogP contribution in [-0.2, 0) is 14.3 Å². The van der Waals surface area contributed by atoms with Gasteiger partial charge in [0.25, 0.3) is 10.1 Å². The van der Waals surface area contributed by atoms with Gasteiger partial charge in [0, 0.05) is 0 Å². The molecule has 0 aliphatic carbocycles. The van der Waals surface area contributed by atoms with E-state index in [9.17, 15) is 8.42 Å². The second-order valence-electron chi connectivity index (χ2n) is 3.31. The molecule has 0 aliphatic rings. The Morgan fingerprint density at radius 1 is 1.40 bits per heavy atom. The lowest BCUT2D eigenvalue weighted by atomic mass is 10.3. The number of benzene rings is 1. The number of nitrogen functional groups attached to an aromatic ring is 1. The van der Waals surface area contributed by atoms with Gasteiger partial charge in [0.2, 0.25) is 0 Å². The zero-order chi connectivity index (χ0) is 11.5. The van der Waals surface area contributed by atoms with Crippen molar-refractivity contribution in [2.24, 2.45) is 0 Å². The molecule has 0 aromatic heterocycles. The summed E-state index contributed by atoms with van der Waals surface area (Å²) in [5.41, 5.74) is 5.77. The van der Waals surface area contributed by atoms with Gasteiger partial charge in [-0.25, -0.2) is 0 Å². The topological polar surface area (TPSA) is 69.4 Å². The van der Waals surface area contributed by atoms with Crippen molar-refractivity contribution in [1.82, 2.24) is 0 Å². The van der Waals surface area contributed by atoms with Gasteiger partial charge in [0.05, 0.1) is 11.8 Å². The molecule has 1 aromatic rings. The second-order valence-corrected chi connectivity index (χ2v) is 4.85. The third kappa shape index (κ3) is 2.94. The molecule has 15 heavy (non-hydrogen) atoms. The van der Waals surface area contributed by atoms with E-state index in [1.54, 1.807) is 19.1 Å². The van der Waals surface area contributed by atoms with Crippen LogP contribution in [0.4, 0.5) is 5.69 Å². The summed E-state index contributed by atoms with van der Waals surface area (Å²) in [4.78, 5) is 0.0327. The highest BCUT2D eigenvalue weighted by Gasteiger charge is 2.20. The summed E-state index contributed by atoms with van der Waals surface area (Å²) < 4.78 is 28.4. The molecule has 84 valence electrons. The van der Waals surface area contributed by atoms with Gasteiger partial charge in [-0.1, -0.05) is 19.1 Å². The van der Waals surface area contributed by atoms with E-state index in [2.05, 4.69) is 0 Å². The summed E-state index contributed by atoms with van der Waals surface area (Å²) in [7, 11) is -3.73. The van der Waals surface area contributed by atoms with E-state index in [4.69, 9.17) is 9.92 Å². The van der Waals surface area contributed by atoms with E-state index in [1.807, 2.05) is 6.92 Å². The van der Waals surface area contributed by atoms with Crippen LogP contribution in [0.25, 0.3) is 0 Å². The molecule has 0 bridgehead atoms. The minimum atomic E-state index is -3.73. The first-order valence-corrected chi connectivity index (χ1v) is 6.16. The number of anilines is 1. The van der Waals surface area contributed by atoms with Crippen LogP contribution in [0.2, 0.25) is 0 Å². The highest BCUT2D eigenvalue weighted by atomic mass is 32.2. The Hall–Kier alpha value is -1.07. The van der Waals surface area contributed by atoms with E-state index < -0.39 is 10.1 Å². The van der Waals surface area contributed by atoms with Crippen molar-refractivity contribution in [3.8, 4) is 0 Å². The first-order chi connectivity index (χ1) is 6.97. The molecule has 1 atom stereocenters. The number of para-hydroxylation sites is 1. The maximum Gasteiger partial charge on any atom is 0.299 e. The molecule has 4 nitrogen and oxygen atoms in total. The Bertz CT molecular complexity index is 428. The summed E-state index contributed by atoms with van der Waals surface area (Å²) in [5.74, 6) is 0. The van der Waals surface area contributed by atoms with Gasteiger partial charge >= 0.3 is 0 Å². The normalized spacial score (nSPS) is 13.7. The Kier molecular flexibility index (Phi) is 3.71. The lowest BCUT2D eigenvalue weighted by Crippen LogP contribution is -2.15. The number of rotatable bonds is 4. The fourth-order valence-corrected chi connectivity index (χ4v) is 2.32. The van der Waals surface area contributed by atoms with Crippen molar-refractivity contribution in [3.05, 3.63) is 24.3 Å². The van der Waals surface area contributed by atoms with Crippen LogP contribution >= 0.6 is 0 Å². The molecular formula is C10H15NO3S. The van der Waals surface area contributed by atoms with Gasteiger partial charge < -0.3 is 5.73 Å². The Labute approximate surface area is 90.2 Å². The molecule has 5 heteroatoms. The predicted octanol–water partition coefficient (Wildman–Crippen LogP) is 1.77. The quantitative estimate of drug-likeness (QED) is 0.631. The average molecular weight is 229 g/mol. The third-order valence-electron chi connectivity index (χ3n) is 2.05. The van der Waals surface area contributed by atoms with Crippen LogP contribution in [0, 0.1) is 0 Å². The number of hydrogen-bond acceptors (Lipinski definition) is 4. The van der Waals surface area contributed by atoms with Gasteiger partial charge in [-0.15, -0.1) is 0 Å². The van der Waals surface area contributed by atoms with Crippen LogP contribution in [0.3, 0.4) is 0 Å². The van der Waals surface area contributed by atoms with E-state index in [0.717, 1.165) is 0 Å². The van der Waals surface area contributed by atoms with E-state index >= 15 is 0 Å². The highest BCUT2D eigenvalue weighted by molar-refractivity contribution is 7.87. The zero-order valence-corrected chi connectivity index (χ0v) is 9.62. The van der Waals surface area contributed by atoms with E-state index in [0.29, 0.717) is 6.42 Å². The zero-order valence-electron chi connectivity index (χ0n) is 8.80. The van der Waals surface area contributed by atoms with E-state index in [1.165, 1.54) is 12.1 Å². The van der Waals surface area contributed by atoms with Crippen molar-refractivity contribution in [2.75, 3.05) is 5.73 Å². The number of hydrogen-bond donors (Lipinski definition) is 1. The first-order valence-electron chi connectivity index (χ1n) is 4.75. The minimum absolute atomic E-state index is 0.0327. The molecule has 0 saturated heterocycles. The van der Waals surface area contributed by atoms with Gasteiger partial charge in [-0.2, -0.15) is 8.42 Å². The average Bonchev–Trinajstić information content (AvgIpc) is 2.17. The lowest BCUT2D eigenvalue weighted by Gasteiger charge is -2.11. The van der Waals surface area contributed by atoms with Crippen LogP contribution in [0.1, 0.15) is 20.3 Å². The molecule has 0 spiro atoms. The Balaban J connectivity index is 3.02. The first kappa shape index (κ1) is 12.0. The molecule has 0 saturated carbocycles. The summed E-state index contributed by atoms with van der Waals surface area (Å²) in [6, 6.07) is 6.26. The summed E-state index contributed by atoms with van der Waals surface area (Å²) in [5, 5.41) is 0. The standard InChI is InChI=1S/C10H15NO3S/c1-3-8(2)14-15(12,13)10-7-5-4-6-9(10)11/h4-8H,3,11H2,1-2H3. The molecule has 1 aromatic carbocycles. The highest BCUT2D eigenvalue weighted by Crippen LogP contribution is 2.21. The molecule has 1 unspecified atom stereocenters. The summed E-state index contributed by atoms with van der Waals surface area (Å²) in [6.45, 7) is 3.56. The van der Waals surface area contributed by atoms with Crippen molar-refractivity contribution in [1.29, 1.82) is 0 Å². The monoisotopic (exact) mass is 229 g/mol. The van der Waals surface area contributed by atoms with Crippen molar-refractivity contribution >= 4 is 15.8 Å². The van der Waals surface area contributed by atoms with Crippen molar-refractivity contribution in [3.63, 3.8) is 0 Å². The molecular weight excluding hydrogens is 214 g/mol. The van der Waals surface area contributed by atoms with Gasteiger partial charge in [0.1, 0.15) is 4.90 Å². The molecule has 0 amide bonds. The minimum Gasteiger partial charge on any atom is -0.398 e. The molecule has 2 N–H and O–H groups in total. The largest absolute Gasteiger partial charge is 0.398 e. The maximum atomic E-state index is 11.7. The van der Waals surface area contributed by atoms with Crippen LogP contribution in [0.15, 0.2) is 29.2 Å². The summed E-state index contributed by atoms with van der Waals surface area (Å²) in [6.07, 6.45) is 0.293. The predicted molar refractivity (Wildman–Crippen MR) is 58.9 cm³/mol. The van der Waals surface area contributed by atoms with Gasteiger partial charge in [0.15, 0.2) is 0 Å². The summed E-state index contributed by atoms with van der Waals surface area (Å²) >= 11 is 0. The fourth-order valence-electron chi connectivity index (χ4n) is 1.04. The van der Waals surface area contributed by atoms with Crippen molar-refractivity contribution in [2.45, 2.75) is 31.3 Å². The Morgan fingerprint density at radius 3 is 2.53 bits per heavy atom. The smallest absolute Gasteiger partial charge is 0.299 e. The Morgan fingerprint density at radius 2 is 2.00 bits per heavy atom. The molecule has 0 heterocycles. The maximum absolute atomic E-state index is 11.7. The van der Waals surface area contributed by atoms with E-state index in [-0.39, 0.29) is 16.7 Å². The van der Waals surface area contributed by atoms with Gasteiger partial charge in [-0.3, -0.25) is 4.18 Å². The van der Waals surface area contributed by atoms with Crippen LogP contribution in [-0.4, -0.2) is 14.5 Å². The lowest BCUT2D eigenvalue weighted by molar-refractivity contribution is 0.225. The van der Waals surface area contributed by atoms with Crippen molar-refractivity contribution < 1.29 is 12.6 Å². The molecule has 0 aliphatic heterocycles. The fraction of sp³-hybridized carbons (Fsp3) is 0.400. The molecule has 1 rings (SSSR count). The molecule has 0 radical (unpaired) electrons. The van der Waals surface area contributed by atoms with Crippen LogP contribution in [0.5, 0.6) is 0 Å². The SMILES string of the molecule is CCC(C)OS(=O)(=O)c1ccccc1N.